The van der Waals surface area contributed by atoms with Gasteiger partial charge < -0.3 is 21.5 Å². The number of carboxylic acid groups (broad SMARTS) is 1. The van der Waals surface area contributed by atoms with Crippen molar-refractivity contribution in [3.63, 3.8) is 0 Å². The van der Waals surface area contributed by atoms with E-state index in [0.717, 1.165) is 64.7 Å². The van der Waals surface area contributed by atoms with Gasteiger partial charge in [0, 0.05) is 6.42 Å². The van der Waals surface area contributed by atoms with E-state index in [-0.39, 0.29) is 0 Å². The largest absolute Gasteiger partial charge is 0.481 e. The van der Waals surface area contributed by atoms with Crippen LogP contribution in [0.1, 0.15) is 96.8 Å². The average molecular weight is 426 g/mol. The van der Waals surface area contributed by atoms with Crippen LogP contribution < -0.4 is 11.5 Å². The van der Waals surface area contributed by atoms with E-state index in [1.54, 1.807) is 0 Å². The molecule has 0 rings (SSSR count). The van der Waals surface area contributed by atoms with E-state index in [9.17, 15) is 4.79 Å². The fraction of sp³-hybridized carbons (Fsp3) is 0.800. The zero-order chi connectivity index (χ0) is 22.7. The smallest absolute Gasteiger partial charge is 0.303 e. The van der Waals surface area contributed by atoms with Crippen LogP contribution in [0.25, 0.3) is 0 Å². The molecule has 0 saturated carbocycles. The van der Waals surface area contributed by atoms with Gasteiger partial charge in [-0.15, -0.1) is 0 Å². The van der Waals surface area contributed by atoms with Gasteiger partial charge in [0.25, 0.3) is 0 Å². The van der Waals surface area contributed by atoms with E-state index in [2.05, 4.69) is 43.2 Å². The SMILES string of the molecule is CCCCCC=CCC=CCCCCCCCC(=O)O.CN(CCCN)CCCN. The number of allylic oxidation sites excluding steroid dienone is 4. The summed E-state index contributed by atoms with van der Waals surface area (Å²) in [5.41, 5.74) is 10.7. The summed E-state index contributed by atoms with van der Waals surface area (Å²) in [6.07, 6.45) is 24.5. The highest BCUT2D eigenvalue weighted by Crippen LogP contribution is 2.08. The number of hydrogen-bond donors (Lipinski definition) is 3. The maximum absolute atomic E-state index is 10.3. The number of unbranched alkanes of at least 4 members (excludes halogenated alkanes) is 8. The molecule has 0 aliphatic carbocycles. The summed E-state index contributed by atoms with van der Waals surface area (Å²) in [5, 5.41) is 8.50. The Morgan fingerprint density at radius 3 is 1.77 bits per heavy atom. The second kappa shape index (κ2) is 27.8. The summed E-state index contributed by atoms with van der Waals surface area (Å²) in [5.74, 6) is -0.671. The van der Waals surface area contributed by atoms with Crippen LogP contribution in [0.15, 0.2) is 24.3 Å². The summed E-state index contributed by atoms with van der Waals surface area (Å²) in [6.45, 7) is 5.99. The Balaban J connectivity index is 0. The summed E-state index contributed by atoms with van der Waals surface area (Å²) in [6, 6.07) is 0. The van der Waals surface area contributed by atoms with Crippen LogP contribution in [0.3, 0.4) is 0 Å². The molecule has 5 nitrogen and oxygen atoms in total. The molecule has 0 bridgehead atoms. The molecular formula is C25H51N3O2. The molecular weight excluding hydrogens is 374 g/mol. The molecule has 0 saturated heterocycles. The molecule has 0 aliphatic rings. The molecule has 0 aromatic rings. The summed E-state index contributed by atoms with van der Waals surface area (Å²) in [4.78, 5) is 12.6. The van der Waals surface area contributed by atoms with Crippen LogP contribution in [-0.4, -0.2) is 49.2 Å². The molecule has 0 fully saturated rings. The van der Waals surface area contributed by atoms with Crippen molar-refractivity contribution in [1.29, 1.82) is 0 Å². The minimum atomic E-state index is -0.671. The third-order valence-corrected chi connectivity index (χ3v) is 4.83. The second-order valence-electron chi connectivity index (χ2n) is 7.96. The zero-order valence-corrected chi connectivity index (χ0v) is 20.0. The standard InChI is InChI=1S/C18H32O2.C7H19N3/c1-2-3-4-5-6-7-8-9-10-11-12-13-14-15-16-17-18(19)20;1-10(6-2-4-8)7-3-5-9/h6-7,9-10H,2-5,8,11-17H2,1H3,(H,19,20);2-9H2,1H3. The van der Waals surface area contributed by atoms with E-state index in [1.165, 1.54) is 44.9 Å². The van der Waals surface area contributed by atoms with E-state index in [0.29, 0.717) is 6.42 Å². The molecule has 0 radical (unpaired) electrons. The van der Waals surface area contributed by atoms with Crippen molar-refractivity contribution in [2.45, 2.75) is 96.8 Å². The number of carbonyl (C=O) groups is 1. The van der Waals surface area contributed by atoms with Gasteiger partial charge in [-0.05, 0) is 84.6 Å². The minimum Gasteiger partial charge on any atom is -0.481 e. The van der Waals surface area contributed by atoms with Gasteiger partial charge in [0.15, 0.2) is 0 Å². The van der Waals surface area contributed by atoms with Gasteiger partial charge in [0.2, 0.25) is 0 Å². The van der Waals surface area contributed by atoms with Crippen LogP contribution in [-0.2, 0) is 4.79 Å². The molecule has 0 heterocycles. The van der Waals surface area contributed by atoms with E-state index < -0.39 is 5.97 Å². The lowest BCUT2D eigenvalue weighted by atomic mass is 10.1. The third-order valence-electron chi connectivity index (χ3n) is 4.83. The van der Waals surface area contributed by atoms with E-state index in [1.807, 2.05) is 0 Å². The molecule has 5 N–H and O–H groups in total. The first-order chi connectivity index (χ1) is 14.6. The van der Waals surface area contributed by atoms with Gasteiger partial charge in [0.05, 0.1) is 0 Å². The Morgan fingerprint density at radius 1 is 0.767 bits per heavy atom. The number of rotatable bonds is 20. The van der Waals surface area contributed by atoms with Crippen molar-refractivity contribution in [3.05, 3.63) is 24.3 Å². The molecule has 0 unspecified atom stereocenters. The molecule has 0 aromatic carbocycles. The Hall–Kier alpha value is -1.17. The van der Waals surface area contributed by atoms with Gasteiger partial charge in [-0.3, -0.25) is 4.79 Å². The Morgan fingerprint density at radius 2 is 1.27 bits per heavy atom. The summed E-state index contributed by atoms with van der Waals surface area (Å²) in [7, 11) is 2.10. The van der Waals surface area contributed by atoms with Gasteiger partial charge >= 0.3 is 5.97 Å². The number of hydrogen-bond acceptors (Lipinski definition) is 4. The predicted molar refractivity (Wildman–Crippen MR) is 132 cm³/mol. The minimum absolute atomic E-state index is 0.324. The highest BCUT2D eigenvalue weighted by atomic mass is 16.4. The lowest BCUT2D eigenvalue weighted by molar-refractivity contribution is -0.137. The molecule has 0 amide bonds. The first kappa shape index (κ1) is 31.0. The van der Waals surface area contributed by atoms with Crippen LogP contribution in [0, 0.1) is 0 Å². The van der Waals surface area contributed by atoms with Gasteiger partial charge in [-0.1, -0.05) is 63.3 Å². The molecule has 178 valence electrons. The van der Waals surface area contributed by atoms with Crippen LogP contribution >= 0.6 is 0 Å². The monoisotopic (exact) mass is 425 g/mol. The quantitative estimate of drug-likeness (QED) is 0.177. The highest BCUT2D eigenvalue weighted by Gasteiger charge is 1.96. The Bertz CT molecular complexity index is 390. The van der Waals surface area contributed by atoms with Gasteiger partial charge in [-0.25, -0.2) is 0 Å². The topological polar surface area (TPSA) is 92.6 Å². The van der Waals surface area contributed by atoms with Crippen molar-refractivity contribution in [1.82, 2.24) is 4.90 Å². The van der Waals surface area contributed by atoms with E-state index in [4.69, 9.17) is 16.6 Å². The van der Waals surface area contributed by atoms with Crippen LogP contribution in [0.2, 0.25) is 0 Å². The fourth-order valence-corrected chi connectivity index (χ4v) is 2.92. The number of carboxylic acids is 1. The summed E-state index contributed by atoms with van der Waals surface area (Å²) >= 11 is 0. The second-order valence-corrected chi connectivity index (χ2v) is 7.96. The predicted octanol–water partition coefficient (Wildman–Crippen LogP) is 5.50. The van der Waals surface area contributed by atoms with Crippen LogP contribution in [0.5, 0.6) is 0 Å². The fourth-order valence-electron chi connectivity index (χ4n) is 2.92. The Kier molecular flexibility index (Phi) is 28.8. The molecule has 0 aromatic heterocycles. The molecule has 0 atom stereocenters. The molecule has 0 aliphatic heterocycles. The van der Waals surface area contributed by atoms with E-state index >= 15 is 0 Å². The van der Waals surface area contributed by atoms with Gasteiger partial charge in [0.1, 0.15) is 0 Å². The van der Waals surface area contributed by atoms with Crippen molar-refractivity contribution >= 4 is 5.97 Å². The lowest BCUT2D eigenvalue weighted by Gasteiger charge is -2.14. The van der Waals surface area contributed by atoms with Gasteiger partial charge in [-0.2, -0.15) is 0 Å². The van der Waals surface area contributed by atoms with Crippen molar-refractivity contribution < 1.29 is 9.90 Å². The maximum Gasteiger partial charge on any atom is 0.303 e. The lowest BCUT2D eigenvalue weighted by Crippen LogP contribution is -2.24. The highest BCUT2D eigenvalue weighted by molar-refractivity contribution is 5.66. The summed E-state index contributed by atoms with van der Waals surface area (Å²) < 4.78 is 0. The Labute approximate surface area is 187 Å². The number of aliphatic carboxylic acids is 1. The average Bonchev–Trinajstić information content (AvgIpc) is 2.73. The third kappa shape index (κ3) is 31.5. The normalized spacial score (nSPS) is 11.4. The molecule has 30 heavy (non-hydrogen) atoms. The maximum atomic E-state index is 10.3. The number of nitrogens with two attached hydrogens (primary N) is 2. The molecule has 0 spiro atoms. The van der Waals surface area contributed by atoms with Crippen LogP contribution in [0.4, 0.5) is 0 Å². The van der Waals surface area contributed by atoms with Crippen molar-refractivity contribution in [3.8, 4) is 0 Å². The van der Waals surface area contributed by atoms with Crippen molar-refractivity contribution in [2.75, 3.05) is 33.2 Å². The first-order valence-electron chi connectivity index (χ1n) is 12.2. The zero-order valence-electron chi connectivity index (χ0n) is 20.0. The molecule has 5 heteroatoms. The first-order valence-corrected chi connectivity index (χ1v) is 12.2. The van der Waals surface area contributed by atoms with Crippen molar-refractivity contribution in [2.24, 2.45) is 11.5 Å². The number of nitrogens with zero attached hydrogens (tertiary/aromatic N) is 1.